The molecule has 120 valence electrons. The Labute approximate surface area is 128 Å². The van der Waals surface area contributed by atoms with Crippen LogP contribution in [0.2, 0.25) is 0 Å². The number of likely N-dealkylation sites (tertiary alicyclic amines) is 1. The lowest BCUT2D eigenvalue weighted by Crippen LogP contribution is -2.40. The van der Waals surface area contributed by atoms with E-state index in [0.29, 0.717) is 6.42 Å². The van der Waals surface area contributed by atoms with Gasteiger partial charge in [-0.3, -0.25) is 0 Å². The Morgan fingerprint density at radius 1 is 1.15 bits per heavy atom. The predicted octanol–water partition coefficient (Wildman–Crippen LogP) is 3.56. The maximum absolute atomic E-state index is 13.4. The Morgan fingerprint density at radius 3 is 2.45 bits per heavy atom. The summed E-state index contributed by atoms with van der Waals surface area (Å²) >= 11 is 0. The van der Waals surface area contributed by atoms with Crippen LogP contribution in [0.4, 0.5) is 8.78 Å². The zero-order valence-corrected chi connectivity index (χ0v) is 13.4. The number of hydrogen-bond acceptors (Lipinski definition) is 2. The van der Waals surface area contributed by atoms with Crippen molar-refractivity contribution in [2.75, 3.05) is 33.2 Å². The van der Waals surface area contributed by atoms with E-state index in [1.807, 2.05) is 7.05 Å². The quantitative estimate of drug-likeness (QED) is 0.835. The first kappa shape index (κ1) is 18.1. The van der Waals surface area contributed by atoms with E-state index in [4.69, 9.17) is 0 Å². The summed E-state index contributed by atoms with van der Waals surface area (Å²) in [6, 6.07) is 0. The Bertz CT molecular complexity index is 269. The first-order valence-corrected chi connectivity index (χ1v) is 7.84. The third-order valence-electron chi connectivity index (χ3n) is 4.77. The highest BCUT2D eigenvalue weighted by atomic mass is 35.5. The van der Waals surface area contributed by atoms with E-state index in [2.05, 4.69) is 10.2 Å². The van der Waals surface area contributed by atoms with Crippen LogP contribution in [0.5, 0.6) is 0 Å². The second kappa shape index (κ2) is 8.50. The Morgan fingerprint density at radius 2 is 1.85 bits per heavy atom. The van der Waals surface area contributed by atoms with E-state index in [9.17, 15) is 8.78 Å². The van der Waals surface area contributed by atoms with E-state index in [1.165, 1.54) is 19.3 Å². The van der Waals surface area contributed by atoms with Gasteiger partial charge in [0.2, 0.25) is 5.92 Å². The topological polar surface area (TPSA) is 15.3 Å². The van der Waals surface area contributed by atoms with Gasteiger partial charge in [-0.25, -0.2) is 8.78 Å². The molecule has 2 fully saturated rings. The molecule has 1 unspecified atom stereocenters. The summed E-state index contributed by atoms with van der Waals surface area (Å²) < 4.78 is 26.8. The molecule has 0 aromatic heterocycles. The molecule has 0 bridgehead atoms. The van der Waals surface area contributed by atoms with Gasteiger partial charge in [0.25, 0.3) is 0 Å². The van der Waals surface area contributed by atoms with Gasteiger partial charge in [0.15, 0.2) is 0 Å². The molecule has 0 amide bonds. The molecule has 1 aliphatic heterocycles. The molecule has 1 saturated carbocycles. The number of halogens is 3. The zero-order valence-electron chi connectivity index (χ0n) is 12.5. The van der Waals surface area contributed by atoms with Crippen molar-refractivity contribution in [1.82, 2.24) is 10.2 Å². The Balaban J connectivity index is 0.00000200. The lowest BCUT2D eigenvalue weighted by Gasteiger charge is -2.37. The fourth-order valence-electron chi connectivity index (χ4n) is 3.60. The van der Waals surface area contributed by atoms with Gasteiger partial charge < -0.3 is 10.2 Å². The number of hydrogen-bond donors (Lipinski definition) is 1. The summed E-state index contributed by atoms with van der Waals surface area (Å²) in [6.45, 7) is 4.21. The SMILES string of the molecule is CNCCC1CCN(CC2CCCC(F)(F)C2)CC1.Cl. The minimum absolute atomic E-state index is 0. The van der Waals surface area contributed by atoms with Gasteiger partial charge in [0, 0.05) is 19.4 Å². The van der Waals surface area contributed by atoms with Crippen molar-refractivity contribution in [3.05, 3.63) is 0 Å². The van der Waals surface area contributed by atoms with Crippen molar-refractivity contribution in [1.29, 1.82) is 0 Å². The highest BCUT2D eigenvalue weighted by Crippen LogP contribution is 2.37. The molecule has 2 nitrogen and oxygen atoms in total. The third kappa shape index (κ3) is 5.82. The summed E-state index contributed by atoms with van der Waals surface area (Å²) in [6.07, 6.45) is 5.66. The van der Waals surface area contributed by atoms with Gasteiger partial charge in [-0.05, 0) is 70.6 Å². The third-order valence-corrected chi connectivity index (χ3v) is 4.77. The summed E-state index contributed by atoms with van der Waals surface area (Å²) in [5, 5.41) is 3.20. The highest BCUT2D eigenvalue weighted by Gasteiger charge is 2.36. The molecular formula is C15H29ClF2N2. The molecule has 2 aliphatic rings. The fourth-order valence-corrected chi connectivity index (χ4v) is 3.60. The molecule has 1 atom stereocenters. The molecular weight excluding hydrogens is 282 g/mol. The summed E-state index contributed by atoms with van der Waals surface area (Å²) in [4.78, 5) is 2.42. The van der Waals surface area contributed by atoms with Crippen LogP contribution >= 0.6 is 12.4 Å². The van der Waals surface area contributed by atoms with Crippen molar-refractivity contribution in [3.8, 4) is 0 Å². The minimum Gasteiger partial charge on any atom is -0.320 e. The molecule has 5 heteroatoms. The lowest BCUT2D eigenvalue weighted by molar-refractivity contribution is -0.0580. The van der Waals surface area contributed by atoms with Crippen LogP contribution in [0.15, 0.2) is 0 Å². The second-order valence-corrected chi connectivity index (χ2v) is 6.45. The van der Waals surface area contributed by atoms with Crippen LogP contribution in [0.3, 0.4) is 0 Å². The molecule has 0 aromatic carbocycles. The van der Waals surface area contributed by atoms with E-state index in [-0.39, 0.29) is 31.2 Å². The van der Waals surface area contributed by atoms with Crippen LogP contribution in [0.1, 0.15) is 44.9 Å². The summed E-state index contributed by atoms with van der Waals surface area (Å²) in [5.41, 5.74) is 0. The van der Waals surface area contributed by atoms with Crippen molar-refractivity contribution >= 4 is 12.4 Å². The molecule has 0 spiro atoms. The van der Waals surface area contributed by atoms with E-state index < -0.39 is 5.92 Å². The molecule has 0 aromatic rings. The predicted molar refractivity (Wildman–Crippen MR) is 81.9 cm³/mol. The highest BCUT2D eigenvalue weighted by molar-refractivity contribution is 5.85. The fraction of sp³-hybridized carbons (Fsp3) is 1.00. The Hall–Kier alpha value is 0.0700. The largest absolute Gasteiger partial charge is 0.320 e. The maximum atomic E-state index is 13.4. The molecule has 1 N–H and O–H groups in total. The van der Waals surface area contributed by atoms with E-state index in [0.717, 1.165) is 38.5 Å². The van der Waals surface area contributed by atoms with Crippen LogP contribution in [-0.4, -0.2) is 44.0 Å². The first-order chi connectivity index (χ1) is 9.09. The normalized spacial score (nSPS) is 28.1. The van der Waals surface area contributed by atoms with Gasteiger partial charge in [-0.2, -0.15) is 0 Å². The Kier molecular flexibility index (Phi) is 7.70. The van der Waals surface area contributed by atoms with Crippen molar-refractivity contribution < 1.29 is 8.78 Å². The molecule has 1 aliphatic carbocycles. The monoisotopic (exact) mass is 310 g/mol. The van der Waals surface area contributed by atoms with E-state index in [1.54, 1.807) is 0 Å². The average Bonchev–Trinajstić information content (AvgIpc) is 2.37. The molecule has 20 heavy (non-hydrogen) atoms. The zero-order chi connectivity index (χ0) is 13.7. The van der Waals surface area contributed by atoms with Gasteiger partial charge in [-0.15, -0.1) is 12.4 Å². The second-order valence-electron chi connectivity index (χ2n) is 6.45. The lowest BCUT2D eigenvalue weighted by atomic mass is 9.85. The molecule has 0 radical (unpaired) electrons. The maximum Gasteiger partial charge on any atom is 0.248 e. The first-order valence-electron chi connectivity index (χ1n) is 7.84. The number of alkyl halides is 2. The number of piperidine rings is 1. The number of rotatable bonds is 5. The molecule has 1 heterocycles. The summed E-state index contributed by atoms with van der Waals surface area (Å²) in [7, 11) is 2.00. The number of nitrogens with zero attached hydrogens (tertiary/aromatic N) is 1. The van der Waals surface area contributed by atoms with Crippen molar-refractivity contribution in [2.45, 2.75) is 50.9 Å². The van der Waals surface area contributed by atoms with Gasteiger partial charge in [-0.1, -0.05) is 0 Å². The van der Waals surface area contributed by atoms with Crippen molar-refractivity contribution in [3.63, 3.8) is 0 Å². The number of nitrogens with one attached hydrogen (secondary N) is 1. The smallest absolute Gasteiger partial charge is 0.248 e. The van der Waals surface area contributed by atoms with Gasteiger partial charge >= 0.3 is 0 Å². The van der Waals surface area contributed by atoms with Crippen molar-refractivity contribution in [2.24, 2.45) is 11.8 Å². The standard InChI is InChI=1S/C15H28F2N2.ClH/c1-18-8-4-13-5-9-19(10-6-13)12-14-3-2-7-15(16,17)11-14;/h13-14,18H,2-12H2,1H3;1H. The van der Waals surface area contributed by atoms with E-state index >= 15 is 0 Å². The van der Waals surface area contributed by atoms with Gasteiger partial charge in [0.05, 0.1) is 0 Å². The van der Waals surface area contributed by atoms with Crippen LogP contribution in [0.25, 0.3) is 0 Å². The molecule has 1 saturated heterocycles. The van der Waals surface area contributed by atoms with Crippen LogP contribution in [0, 0.1) is 11.8 Å². The van der Waals surface area contributed by atoms with Crippen LogP contribution < -0.4 is 5.32 Å². The summed E-state index contributed by atoms with van der Waals surface area (Å²) in [5.74, 6) is -1.34. The van der Waals surface area contributed by atoms with Gasteiger partial charge in [0.1, 0.15) is 0 Å². The average molecular weight is 311 g/mol. The molecule has 2 rings (SSSR count). The minimum atomic E-state index is -2.39. The van der Waals surface area contributed by atoms with Crippen LogP contribution in [-0.2, 0) is 0 Å².